The van der Waals surface area contributed by atoms with Crippen LogP contribution in [0.25, 0.3) is 0 Å². The highest BCUT2D eigenvalue weighted by molar-refractivity contribution is 5.41. The van der Waals surface area contributed by atoms with E-state index in [1.165, 1.54) is 0 Å². The molecule has 2 aromatic carbocycles. The van der Waals surface area contributed by atoms with Gasteiger partial charge in [-0.15, -0.1) is 0 Å². The van der Waals surface area contributed by atoms with Gasteiger partial charge in [0, 0.05) is 5.56 Å². The van der Waals surface area contributed by atoms with Crippen LogP contribution in [0.1, 0.15) is 17.2 Å². The van der Waals surface area contributed by atoms with Crippen molar-refractivity contribution in [2.45, 2.75) is 6.10 Å². The van der Waals surface area contributed by atoms with Gasteiger partial charge in [-0.2, -0.15) is 0 Å². The fourth-order valence-electron chi connectivity index (χ4n) is 1.88. The first-order chi connectivity index (χ1) is 8.76. The van der Waals surface area contributed by atoms with E-state index in [-0.39, 0.29) is 0 Å². The summed E-state index contributed by atoms with van der Waals surface area (Å²) < 4.78 is 10.4. The lowest BCUT2D eigenvalue weighted by Crippen LogP contribution is -2.02. The first-order valence-electron chi connectivity index (χ1n) is 5.71. The van der Waals surface area contributed by atoms with Crippen LogP contribution in [0.15, 0.2) is 48.5 Å². The van der Waals surface area contributed by atoms with Crippen LogP contribution in [0.2, 0.25) is 0 Å². The maximum atomic E-state index is 10.4. The number of rotatable bonds is 4. The van der Waals surface area contributed by atoms with E-state index in [9.17, 15) is 5.11 Å². The molecular formula is C15H16O3. The zero-order valence-corrected chi connectivity index (χ0v) is 10.5. The highest BCUT2D eigenvalue weighted by Crippen LogP contribution is 2.30. The molecule has 0 aliphatic heterocycles. The molecule has 0 fully saturated rings. The lowest BCUT2D eigenvalue weighted by atomic mass is 10.0. The minimum atomic E-state index is -0.726. The predicted octanol–water partition coefficient (Wildman–Crippen LogP) is 2.79. The van der Waals surface area contributed by atoms with Gasteiger partial charge in [0.1, 0.15) is 17.6 Å². The predicted molar refractivity (Wildman–Crippen MR) is 70.0 cm³/mol. The van der Waals surface area contributed by atoms with Crippen LogP contribution in [-0.4, -0.2) is 19.3 Å². The van der Waals surface area contributed by atoms with Crippen molar-refractivity contribution in [2.24, 2.45) is 0 Å². The summed E-state index contributed by atoms with van der Waals surface area (Å²) in [7, 11) is 3.20. The first kappa shape index (κ1) is 12.5. The number of methoxy groups -OCH3 is 2. The maximum Gasteiger partial charge on any atom is 0.125 e. The summed E-state index contributed by atoms with van der Waals surface area (Å²) in [6, 6.07) is 14.8. The van der Waals surface area contributed by atoms with Gasteiger partial charge in [-0.3, -0.25) is 0 Å². The van der Waals surface area contributed by atoms with E-state index in [1.54, 1.807) is 14.2 Å². The molecule has 0 saturated heterocycles. The average molecular weight is 244 g/mol. The van der Waals surface area contributed by atoms with Crippen molar-refractivity contribution in [2.75, 3.05) is 14.2 Å². The molecule has 3 heteroatoms. The van der Waals surface area contributed by atoms with Gasteiger partial charge in [-0.25, -0.2) is 0 Å². The van der Waals surface area contributed by atoms with Gasteiger partial charge in [0.2, 0.25) is 0 Å². The standard InChI is InChI=1S/C15H16O3/c1-17-12-7-5-6-11(10-12)15(16)13-8-3-4-9-14(13)18-2/h3-10,15-16H,1-2H3. The van der Waals surface area contributed by atoms with Gasteiger partial charge in [-0.1, -0.05) is 30.3 Å². The van der Waals surface area contributed by atoms with E-state index in [0.717, 1.165) is 16.9 Å². The molecule has 0 aromatic heterocycles. The molecule has 18 heavy (non-hydrogen) atoms. The second kappa shape index (κ2) is 5.56. The van der Waals surface area contributed by atoms with Gasteiger partial charge < -0.3 is 14.6 Å². The number of para-hydroxylation sites is 1. The Labute approximate surface area is 107 Å². The van der Waals surface area contributed by atoms with E-state index < -0.39 is 6.10 Å². The maximum absolute atomic E-state index is 10.4. The van der Waals surface area contributed by atoms with Crippen LogP contribution in [0.5, 0.6) is 11.5 Å². The number of aliphatic hydroxyl groups excluding tert-OH is 1. The molecule has 2 rings (SSSR count). The van der Waals surface area contributed by atoms with E-state index in [4.69, 9.17) is 9.47 Å². The van der Waals surface area contributed by atoms with Gasteiger partial charge in [0.25, 0.3) is 0 Å². The Morgan fingerprint density at radius 3 is 2.44 bits per heavy atom. The van der Waals surface area contributed by atoms with E-state index >= 15 is 0 Å². The Hall–Kier alpha value is -2.00. The van der Waals surface area contributed by atoms with Crippen LogP contribution >= 0.6 is 0 Å². The van der Waals surface area contributed by atoms with Gasteiger partial charge in [0.15, 0.2) is 0 Å². The second-order valence-electron chi connectivity index (χ2n) is 3.92. The number of hydrogen-bond donors (Lipinski definition) is 1. The van der Waals surface area contributed by atoms with E-state index in [1.807, 2.05) is 48.5 Å². The van der Waals surface area contributed by atoms with Crippen molar-refractivity contribution >= 4 is 0 Å². The number of aliphatic hydroxyl groups is 1. The minimum Gasteiger partial charge on any atom is -0.497 e. The number of ether oxygens (including phenoxy) is 2. The summed E-state index contributed by atoms with van der Waals surface area (Å²) in [5, 5.41) is 10.4. The van der Waals surface area contributed by atoms with Gasteiger partial charge >= 0.3 is 0 Å². The Kier molecular flexibility index (Phi) is 3.85. The molecule has 0 aliphatic carbocycles. The van der Waals surface area contributed by atoms with Crippen LogP contribution in [-0.2, 0) is 0 Å². The molecule has 1 atom stereocenters. The normalized spacial score (nSPS) is 11.9. The number of hydrogen-bond acceptors (Lipinski definition) is 3. The quantitative estimate of drug-likeness (QED) is 0.898. The van der Waals surface area contributed by atoms with Crippen molar-refractivity contribution < 1.29 is 14.6 Å². The molecule has 94 valence electrons. The average Bonchev–Trinajstić information content (AvgIpc) is 2.46. The lowest BCUT2D eigenvalue weighted by Gasteiger charge is -2.15. The molecule has 0 bridgehead atoms. The summed E-state index contributed by atoms with van der Waals surface area (Å²) in [6.45, 7) is 0. The molecule has 0 saturated carbocycles. The van der Waals surface area contributed by atoms with Crippen LogP contribution in [0.3, 0.4) is 0 Å². The Morgan fingerprint density at radius 2 is 1.72 bits per heavy atom. The Morgan fingerprint density at radius 1 is 0.944 bits per heavy atom. The minimum absolute atomic E-state index is 0.674. The van der Waals surface area contributed by atoms with Crippen molar-refractivity contribution in [1.82, 2.24) is 0 Å². The fourth-order valence-corrected chi connectivity index (χ4v) is 1.88. The third-order valence-corrected chi connectivity index (χ3v) is 2.84. The molecule has 0 heterocycles. The van der Waals surface area contributed by atoms with Crippen LogP contribution in [0, 0.1) is 0 Å². The monoisotopic (exact) mass is 244 g/mol. The highest BCUT2D eigenvalue weighted by atomic mass is 16.5. The summed E-state index contributed by atoms with van der Waals surface area (Å²) in [6.07, 6.45) is -0.726. The summed E-state index contributed by atoms with van der Waals surface area (Å²) in [5.41, 5.74) is 1.52. The van der Waals surface area contributed by atoms with Gasteiger partial charge in [-0.05, 0) is 23.8 Å². The second-order valence-corrected chi connectivity index (χ2v) is 3.92. The topological polar surface area (TPSA) is 38.7 Å². The molecule has 0 spiro atoms. The fraction of sp³-hybridized carbons (Fsp3) is 0.200. The Bertz CT molecular complexity index is 523. The van der Waals surface area contributed by atoms with Crippen molar-refractivity contribution in [3.8, 4) is 11.5 Å². The zero-order valence-electron chi connectivity index (χ0n) is 10.5. The molecular weight excluding hydrogens is 228 g/mol. The molecule has 0 radical (unpaired) electrons. The molecule has 2 aromatic rings. The van der Waals surface area contributed by atoms with E-state index in [2.05, 4.69) is 0 Å². The molecule has 1 N–H and O–H groups in total. The molecule has 0 amide bonds. The lowest BCUT2D eigenvalue weighted by molar-refractivity contribution is 0.214. The van der Waals surface area contributed by atoms with Crippen LogP contribution < -0.4 is 9.47 Å². The van der Waals surface area contributed by atoms with Crippen molar-refractivity contribution in [1.29, 1.82) is 0 Å². The SMILES string of the molecule is COc1cccc(C(O)c2ccccc2OC)c1. The summed E-state index contributed by atoms with van der Waals surface area (Å²) >= 11 is 0. The van der Waals surface area contributed by atoms with E-state index in [0.29, 0.717) is 5.75 Å². The first-order valence-corrected chi connectivity index (χ1v) is 5.71. The third kappa shape index (κ3) is 2.46. The smallest absolute Gasteiger partial charge is 0.125 e. The van der Waals surface area contributed by atoms with Crippen molar-refractivity contribution in [3.05, 3.63) is 59.7 Å². The summed E-state index contributed by atoms with van der Waals surface area (Å²) in [5.74, 6) is 1.40. The summed E-state index contributed by atoms with van der Waals surface area (Å²) in [4.78, 5) is 0. The largest absolute Gasteiger partial charge is 0.497 e. The van der Waals surface area contributed by atoms with Gasteiger partial charge in [0.05, 0.1) is 14.2 Å². The molecule has 0 aliphatic rings. The Balaban J connectivity index is 2.37. The number of benzene rings is 2. The van der Waals surface area contributed by atoms with Crippen LogP contribution in [0.4, 0.5) is 0 Å². The zero-order chi connectivity index (χ0) is 13.0. The molecule has 1 unspecified atom stereocenters. The third-order valence-electron chi connectivity index (χ3n) is 2.84. The highest BCUT2D eigenvalue weighted by Gasteiger charge is 2.15. The van der Waals surface area contributed by atoms with Crippen molar-refractivity contribution in [3.63, 3.8) is 0 Å². The molecule has 3 nitrogen and oxygen atoms in total.